The normalized spacial score (nSPS) is 21.9. The van der Waals surface area contributed by atoms with E-state index in [1.54, 1.807) is 12.1 Å². The van der Waals surface area contributed by atoms with Crippen LogP contribution < -0.4 is 9.47 Å². The highest BCUT2D eigenvalue weighted by molar-refractivity contribution is 5.75. The van der Waals surface area contributed by atoms with E-state index in [0.717, 1.165) is 12.8 Å². The third-order valence-corrected chi connectivity index (χ3v) is 9.53. The fraction of sp³-hybridized carbons (Fsp3) is 0.472. The summed E-state index contributed by atoms with van der Waals surface area (Å²) in [7, 11) is 0. The van der Waals surface area contributed by atoms with Crippen LogP contribution in [-0.2, 0) is 4.79 Å². The van der Waals surface area contributed by atoms with Gasteiger partial charge in [0, 0.05) is 0 Å². The molecular formula is C36H38F6O3. The zero-order valence-corrected chi connectivity index (χ0v) is 25.5. The lowest BCUT2D eigenvalue weighted by Crippen LogP contribution is -2.26. The van der Waals surface area contributed by atoms with Crippen LogP contribution >= 0.6 is 0 Å². The zero-order chi connectivity index (χ0) is 32.2. The number of halogens is 6. The van der Waals surface area contributed by atoms with Crippen molar-refractivity contribution in [2.75, 3.05) is 6.61 Å². The quantitative estimate of drug-likeness (QED) is 0.102. The summed E-state index contributed by atoms with van der Waals surface area (Å²) in [6, 6.07) is 8.76. The van der Waals surface area contributed by atoms with E-state index >= 15 is 8.78 Å². The maximum absolute atomic E-state index is 15.2. The Hall–Kier alpha value is -3.49. The first kappa shape index (κ1) is 32.9. The number of ether oxygens (including phenoxy) is 2. The van der Waals surface area contributed by atoms with Crippen LogP contribution in [0.15, 0.2) is 36.4 Å². The predicted octanol–water partition coefficient (Wildman–Crippen LogP) is 10.3. The van der Waals surface area contributed by atoms with Crippen LogP contribution in [0.5, 0.6) is 11.5 Å². The number of carbonyl (C=O) groups excluding carboxylic acids is 1. The minimum Gasteiger partial charge on any atom is -0.490 e. The molecule has 0 radical (unpaired) electrons. The minimum atomic E-state index is -1.25. The SMILES string of the molecule is CCCCOc1ccc(C2CCC(c3ccc(OC(=O)C4CCC(c5ccc(C)c(F)c5F)CC4)c(F)c3F)CC2)c(F)c1F. The number of rotatable bonds is 9. The van der Waals surface area contributed by atoms with Crippen molar-refractivity contribution in [3.8, 4) is 11.5 Å². The number of aryl methyl sites for hydroxylation is 1. The molecule has 2 fully saturated rings. The highest BCUT2D eigenvalue weighted by Gasteiger charge is 2.33. The van der Waals surface area contributed by atoms with Gasteiger partial charge in [0.25, 0.3) is 0 Å². The van der Waals surface area contributed by atoms with Crippen LogP contribution in [-0.4, -0.2) is 12.6 Å². The maximum atomic E-state index is 15.2. The van der Waals surface area contributed by atoms with Crippen molar-refractivity contribution in [1.82, 2.24) is 0 Å². The molecule has 9 heteroatoms. The molecule has 0 N–H and O–H groups in total. The number of carbonyl (C=O) groups is 1. The Labute approximate surface area is 259 Å². The van der Waals surface area contributed by atoms with Crippen LogP contribution in [0.4, 0.5) is 26.3 Å². The van der Waals surface area contributed by atoms with Gasteiger partial charge in [0.2, 0.25) is 11.6 Å². The van der Waals surface area contributed by atoms with Gasteiger partial charge in [0.05, 0.1) is 12.5 Å². The van der Waals surface area contributed by atoms with Gasteiger partial charge in [0.15, 0.2) is 34.8 Å². The van der Waals surface area contributed by atoms with Crippen molar-refractivity contribution in [1.29, 1.82) is 0 Å². The average molecular weight is 633 g/mol. The Morgan fingerprint density at radius 1 is 0.622 bits per heavy atom. The summed E-state index contributed by atoms with van der Waals surface area (Å²) in [5.41, 5.74) is 0.922. The topological polar surface area (TPSA) is 35.5 Å². The summed E-state index contributed by atoms with van der Waals surface area (Å²) in [6.07, 6.45) is 5.01. The first-order valence-corrected chi connectivity index (χ1v) is 15.8. The third kappa shape index (κ3) is 7.02. The van der Waals surface area contributed by atoms with E-state index in [1.807, 2.05) is 6.92 Å². The molecule has 242 valence electrons. The lowest BCUT2D eigenvalue weighted by molar-refractivity contribution is -0.140. The Morgan fingerprint density at radius 2 is 1.07 bits per heavy atom. The molecule has 0 atom stereocenters. The Bertz CT molecular complexity index is 1520. The third-order valence-electron chi connectivity index (χ3n) is 9.53. The van der Waals surface area contributed by atoms with E-state index in [2.05, 4.69) is 0 Å². The molecule has 2 aliphatic rings. The molecule has 3 aromatic rings. The van der Waals surface area contributed by atoms with E-state index in [9.17, 15) is 22.4 Å². The van der Waals surface area contributed by atoms with Crippen LogP contribution in [0.3, 0.4) is 0 Å². The van der Waals surface area contributed by atoms with E-state index in [1.165, 1.54) is 31.2 Å². The lowest BCUT2D eigenvalue weighted by Gasteiger charge is -2.30. The van der Waals surface area contributed by atoms with Gasteiger partial charge in [-0.25, -0.2) is 17.6 Å². The molecule has 0 amide bonds. The Morgan fingerprint density at radius 3 is 1.60 bits per heavy atom. The van der Waals surface area contributed by atoms with Gasteiger partial charge < -0.3 is 9.47 Å². The Balaban J connectivity index is 1.17. The van der Waals surface area contributed by atoms with E-state index < -0.39 is 52.5 Å². The second kappa shape index (κ2) is 14.3. The van der Waals surface area contributed by atoms with Crippen LogP contribution in [0.1, 0.15) is 111 Å². The molecule has 3 nitrogen and oxygen atoms in total. The van der Waals surface area contributed by atoms with Crippen LogP contribution in [0.25, 0.3) is 0 Å². The summed E-state index contributed by atoms with van der Waals surface area (Å²) in [5.74, 6) is -8.71. The second-order valence-corrected chi connectivity index (χ2v) is 12.4. The smallest absolute Gasteiger partial charge is 0.314 e. The monoisotopic (exact) mass is 632 g/mol. The molecular weight excluding hydrogens is 594 g/mol. The fourth-order valence-electron chi connectivity index (χ4n) is 6.76. The fourth-order valence-corrected chi connectivity index (χ4v) is 6.76. The van der Waals surface area contributed by atoms with Gasteiger partial charge in [0.1, 0.15) is 0 Å². The molecule has 5 rings (SSSR count). The summed E-state index contributed by atoms with van der Waals surface area (Å²) in [5, 5.41) is 0. The molecule has 45 heavy (non-hydrogen) atoms. The molecule has 0 heterocycles. The molecule has 0 bridgehead atoms. The summed E-state index contributed by atoms with van der Waals surface area (Å²) < 4.78 is 98.9. The van der Waals surface area contributed by atoms with Gasteiger partial charge in [-0.3, -0.25) is 4.79 Å². The average Bonchev–Trinajstić information content (AvgIpc) is 3.05. The largest absolute Gasteiger partial charge is 0.490 e. The molecule has 0 aromatic heterocycles. The van der Waals surface area contributed by atoms with E-state index in [4.69, 9.17) is 9.47 Å². The molecule has 0 saturated heterocycles. The van der Waals surface area contributed by atoms with Gasteiger partial charge in [-0.15, -0.1) is 0 Å². The minimum absolute atomic E-state index is 0.112. The van der Waals surface area contributed by atoms with Crippen molar-refractivity contribution >= 4 is 5.97 Å². The number of unbranched alkanes of at least 4 members (excludes halogenated alkanes) is 1. The first-order chi connectivity index (χ1) is 21.6. The van der Waals surface area contributed by atoms with Gasteiger partial charge >= 0.3 is 5.97 Å². The highest BCUT2D eigenvalue weighted by Crippen LogP contribution is 2.44. The lowest BCUT2D eigenvalue weighted by atomic mass is 9.76. The first-order valence-electron chi connectivity index (χ1n) is 15.8. The molecule has 0 aliphatic heterocycles. The number of esters is 1. The summed E-state index contributed by atoms with van der Waals surface area (Å²) >= 11 is 0. The molecule has 0 spiro atoms. The molecule has 3 aromatic carbocycles. The number of hydrogen-bond acceptors (Lipinski definition) is 3. The van der Waals surface area contributed by atoms with Crippen molar-refractivity contribution in [2.24, 2.45) is 5.92 Å². The number of hydrogen-bond donors (Lipinski definition) is 0. The van der Waals surface area contributed by atoms with Gasteiger partial charge in [-0.2, -0.15) is 8.78 Å². The molecule has 2 saturated carbocycles. The maximum Gasteiger partial charge on any atom is 0.314 e. The van der Waals surface area contributed by atoms with E-state index in [-0.39, 0.29) is 45.8 Å². The van der Waals surface area contributed by atoms with Crippen molar-refractivity contribution in [2.45, 2.75) is 95.8 Å². The Kier molecular flexibility index (Phi) is 10.4. The standard InChI is InChI=1S/C36H38F6O3/c1-3-4-19-44-28-17-15-26(32(39)34(28)41)21-6-8-22(9-7-21)27-16-18-29(35(42)33(27)40)45-36(43)24-12-10-23(11-13-24)25-14-5-20(2)30(37)31(25)38/h5,14-18,21-24H,3-4,6-13,19H2,1-2H3. The number of benzene rings is 3. The van der Waals surface area contributed by atoms with Crippen LogP contribution in [0.2, 0.25) is 0 Å². The molecule has 2 aliphatic carbocycles. The zero-order valence-electron chi connectivity index (χ0n) is 25.5. The van der Waals surface area contributed by atoms with Crippen molar-refractivity contribution in [3.63, 3.8) is 0 Å². The van der Waals surface area contributed by atoms with Crippen molar-refractivity contribution < 1.29 is 40.6 Å². The predicted molar refractivity (Wildman–Crippen MR) is 158 cm³/mol. The van der Waals surface area contributed by atoms with Crippen molar-refractivity contribution in [3.05, 3.63) is 93.6 Å². The van der Waals surface area contributed by atoms with E-state index in [0.29, 0.717) is 58.0 Å². The second-order valence-electron chi connectivity index (χ2n) is 12.4. The van der Waals surface area contributed by atoms with Gasteiger partial charge in [-0.05, 0) is 117 Å². The van der Waals surface area contributed by atoms with Gasteiger partial charge in [-0.1, -0.05) is 37.6 Å². The summed E-state index contributed by atoms with van der Waals surface area (Å²) in [6.45, 7) is 3.77. The highest BCUT2D eigenvalue weighted by atomic mass is 19.2. The molecule has 0 unspecified atom stereocenters. The summed E-state index contributed by atoms with van der Waals surface area (Å²) in [4.78, 5) is 12.8. The van der Waals surface area contributed by atoms with Crippen LogP contribution in [0, 0.1) is 47.7 Å².